The molecule has 1 aliphatic heterocycles. The van der Waals surface area contributed by atoms with Crippen molar-refractivity contribution in [2.24, 2.45) is 11.1 Å². The Balaban J connectivity index is 2.28. The summed E-state index contributed by atoms with van der Waals surface area (Å²) in [4.78, 5) is 13.6. The van der Waals surface area contributed by atoms with Gasteiger partial charge in [0.2, 0.25) is 5.91 Å². The molecule has 0 radical (unpaired) electrons. The molecule has 0 atom stereocenters. The third-order valence-electron chi connectivity index (χ3n) is 3.18. The topological polar surface area (TPSA) is 55.6 Å². The molecule has 1 amide bonds. The number of anilines is 1. The molecule has 1 aromatic carbocycles. The van der Waals surface area contributed by atoms with Crippen molar-refractivity contribution in [3.05, 3.63) is 28.5 Å². The molecule has 0 bridgehead atoms. The fourth-order valence-corrected chi connectivity index (χ4v) is 2.23. The van der Waals surface area contributed by atoms with E-state index in [9.17, 15) is 9.18 Å². The maximum atomic E-state index is 13.7. The first-order valence-electron chi connectivity index (χ1n) is 5.51. The first-order chi connectivity index (χ1) is 8.50. The summed E-state index contributed by atoms with van der Waals surface area (Å²) >= 11 is 3.26. The average molecular weight is 317 g/mol. The third-order valence-corrected chi connectivity index (χ3v) is 3.67. The lowest BCUT2D eigenvalue weighted by Crippen LogP contribution is -2.58. The smallest absolute Gasteiger partial charge is 0.239 e. The maximum Gasteiger partial charge on any atom is 0.239 e. The second kappa shape index (κ2) is 4.95. The fraction of sp³-hybridized carbons (Fsp3) is 0.417. The van der Waals surface area contributed by atoms with Crippen LogP contribution in [-0.4, -0.2) is 32.7 Å². The van der Waals surface area contributed by atoms with Crippen LogP contribution in [0.2, 0.25) is 0 Å². The summed E-state index contributed by atoms with van der Waals surface area (Å²) in [5.41, 5.74) is 5.15. The minimum absolute atomic E-state index is 0.200. The molecule has 0 unspecified atom stereocenters. The molecule has 0 aromatic heterocycles. The second-order valence-electron chi connectivity index (χ2n) is 4.44. The SMILES string of the molecule is CN(C(=O)C1(CN)COC1)c1cc(Br)ccc1F. The van der Waals surface area contributed by atoms with Gasteiger partial charge in [-0.1, -0.05) is 15.9 Å². The van der Waals surface area contributed by atoms with Crippen LogP contribution >= 0.6 is 15.9 Å². The van der Waals surface area contributed by atoms with E-state index in [-0.39, 0.29) is 18.1 Å². The number of benzene rings is 1. The number of ether oxygens (including phenoxy) is 1. The molecule has 0 spiro atoms. The molecule has 6 heteroatoms. The molecule has 18 heavy (non-hydrogen) atoms. The number of hydrogen-bond donors (Lipinski definition) is 1. The van der Waals surface area contributed by atoms with Crippen LogP contribution in [0.4, 0.5) is 10.1 Å². The van der Waals surface area contributed by atoms with Crippen LogP contribution in [0.25, 0.3) is 0 Å². The predicted octanol–water partition coefficient (Wildman–Crippen LogP) is 1.53. The highest BCUT2D eigenvalue weighted by Crippen LogP contribution is 2.32. The molecule has 98 valence electrons. The Morgan fingerprint density at radius 3 is 2.78 bits per heavy atom. The van der Waals surface area contributed by atoms with Crippen molar-refractivity contribution in [3.63, 3.8) is 0 Å². The van der Waals surface area contributed by atoms with Gasteiger partial charge in [0, 0.05) is 18.1 Å². The molecular weight excluding hydrogens is 303 g/mol. The van der Waals surface area contributed by atoms with Crippen LogP contribution in [0.5, 0.6) is 0 Å². The van der Waals surface area contributed by atoms with Crippen LogP contribution in [0, 0.1) is 11.2 Å². The van der Waals surface area contributed by atoms with Gasteiger partial charge in [0.05, 0.1) is 18.9 Å². The van der Waals surface area contributed by atoms with Crippen molar-refractivity contribution in [2.75, 3.05) is 31.7 Å². The monoisotopic (exact) mass is 316 g/mol. The van der Waals surface area contributed by atoms with Crippen molar-refractivity contribution in [2.45, 2.75) is 0 Å². The van der Waals surface area contributed by atoms with Gasteiger partial charge in [0.15, 0.2) is 0 Å². The summed E-state index contributed by atoms with van der Waals surface area (Å²) in [6, 6.07) is 4.47. The Hall–Kier alpha value is -0.980. The summed E-state index contributed by atoms with van der Waals surface area (Å²) in [5.74, 6) is -0.658. The van der Waals surface area contributed by atoms with E-state index in [2.05, 4.69) is 15.9 Å². The zero-order valence-corrected chi connectivity index (χ0v) is 11.5. The highest BCUT2D eigenvalue weighted by molar-refractivity contribution is 9.10. The van der Waals surface area contributed by atoms with E-state index in [4.69, 9.17) is 10.5 Å². The molecule has 1 fully saturated rings. The molecule has 1 saturated heterocycles. The Morgan fingerprint density at radius 2 is 2.28 bits per heavy atom. The van der Waals surface area contributed by atoms with E-state index in [1.54, 1.807) is 19.2 Å². The van der Waals surface area contributed by atoms with Gasteiger partial charge in [-0.15, -0.1) is 0 Å². The molecule has 0 saturated carbocycles. The number of nitrogens with zero attached hydrogens (tertiary/aromatic N) is 1. The van der Waals surface area contributed by atoms with Gasteiger partial charge in [-0.25, -0.2) is 4.39 Å². The zero-order valence-electron chi connectivity index (χ0n) is 9.95. The van der Waals surface area contributed by atoms with Crippen molar-refractivity contribution in [3.8, 4) is 0 Å². The van der Waals surface area contributed by atoms with E-state index < -0.39 is 11.2 Å². The molecule has 1 heterocycles. The van der Waals surface area contributed by atoms with E-state index >= 15 is 0 Å². The molecular formula is C12H14BrFN2O2. The number of nitrogens with two attached hydrogens (primary N) is 1. The van der Waals surface area contributed by atoms with Crippen molar-refractivity contribution < 1.29 is 13.9 Å². The Bertz CT molecular complexity index is 472. The molecule has 1 aliphatic rings. The Kier molecular flexibility index (Phi) is 3.70. The lowest BCUT2D eigenvalue weighted by atomic mass is 9.84. The Labute approximate surface area is 113 Å². The number of halogens is 2. The van der Waals surface area contributed by atoms with Crippen molar-refractivity contribution >= 4 is 27.5 Å². The van der Waals surface area contributed by atoms with Crippen molar-refractivity contribution in [1.29, 1.82) is 0 Å². The van der Waals surface area contributed by atoms with Crippen LogP contribution in [-0.2, 0) is 9.53 Å². The summed E-state index contributed by atoms with van der Waals surface area (Å²) in [5, 5.41) is 0. The van der Waals surface area contributed by atoms with Gasteiger partial charge in [-0.3, -0.25) is 4.79 Å². The molecule has 0 aliphatic carbocycles. The summed E-state index contributed by atoms with van der Waals surface area (Å²) in [6.07, 6.45) is 0. The maximum absolute atomic E-state index is 13.7. The zero-order chi connectivity index (χ0) is 13.3. The quantitative estimate of drug-likeness (QED) is 0.920. The van der Waals surface area contributed by atoms with Gasteiger partial charge >= 0.3 is 0 Å². The number of carbonyl (C=O) groups excluding carboxylic acids is 1. The second-order valence-corrected chi connectivity index (χ2v) is 5.35. The van der Waals surface area contributed by atoms with Gasteiger partial charge < -0.3 is 15.4 Å². The average Bonchev–Trinajstić information content (AvgIpc) is 2.30. The first kappa shape index (κ1) is 13.5. The van der Waals surface area contributed by atoms with E-state index in [1.165, 1.54) is 11.0 Å². The molecule has 2 rings (SSSR count). The minimum atomic E-state index is -0.705. The summed E-state index contributed by atoms with van der Waals surface area (Å²) < 4.78 is 19.5. The minimum Gasteiger partial charge on any atom is -0.379 e. The van der Waals surface area contributed by atoms with Gasteiger partial charge in [0.25, 0.3) is 0 Å². The number of rotatable bonds is 3. The number of carbonyl (C=O) groups is 1. The number of amides is 1. The normalized spacial score (nSPS) is 17.1. The largest absolute Gasteiger partial charge is 0.379 e. The van der Waals surface area contributed by atoms with Gasteiger partial charge in [0.1, 0.15) is 11.2 Å². The predicted molar refractivity (Wildman–Crippen MR) is 69.8 cm³/mol. The molecule has 2 N–H and O–H groups in total. The van der Waals surface area contributed by atoms with E-state index in [1.807, 2.05) is 0 Å². The highest BCUT2D eigenvalue weighted by atomic mass is 79.9. The van der Waals surface area contributed by atoms with Crippen LogP contribution < -0.4 is 10.6 Å². The highest BCUT2D eigenvalue weighted by Gasteiger charge is 2.46. The fourth-order valence-electron chi connectivity index (χ4n) is 1.89. The lowest BCUT2D eigenvalue weighted by Gasteiger charge is -2.41. The standard InChI is InChI=1S/C12H14BrFN2O2/c1-16(10-4-8(13)2-3-9(10)14)11(17)12(5-15)6-18-7-12/h2-4H,5-7,15H2,1H3. The molecule has 4 nitrogen and oxygen atoms in total. The lowest BCUT2D eigenvalue weighted by molar-refractivity contribution is -0.156. The van der Waals surface area contributed by atoms with Crippen molar-refractivity contribution in [1.82, 2.24) is 0 Å². The third kappa shape index (κ3) is 2.15. The Morgan fingerprint density at radius 1 is 1.61 bits per heavy atom. The first-order valence-corrected chi connectivity index (χ1v) is 6.30. The van der Waals surface area contributed by atoms with E-state index in [0.717, 1.165) is 0 Å². The summed E-state index contributed by atoms with van der Waals surface area (Å²) in [6.45, 7) is 0.788. The molecule has 1 aromatic rings. The van der Waals surface area contributed by atoms with Crippen LogP contribution in [0.15, 0.2) is 22.7 Å². The van der Waals surface area contributed by atoms with Crippen LogP contribution in [0.1, 0.15) is 0 Å². The van der Waals surface area contributed by atoms with Gasteiger partial charge in [-0.05, 0) is 18.2 Å². The van der Waals surface area contributed by atoms with Crippen LogP contribution in [0.3, 0.4) is 0 Å². The van der Waals surface area contributed by atoms with E-state index in [0.29, 0.717) is 17.7 Å². The number of hydrogen-bond acceptors (Lipinski definition) is 3. The summed E-state index contributed by atoms with van der Waals surface area (Å²) in [7, 11) is 1.54. The van der Waals surface area contributed by atoms with Gasteiger partial charge in [-0.2, -0.15) is 0 Å².